The molecule has 2 rings (SSSR count). The highest BCUT2D eigenvalue weighted by atomic mass is 32.1. The second-order valence-corrected chi connectivity index (χ2v) is 5.88. The van der Waals surface area contributed by atoms with Gasteiger partial charge < -0.3 is 10.2 Å². The largest absolute Gasteiger partial charge is 0.358 e. The Balaban J connectivity index is 1.84. The zero-order valence-electron chi connectivity index (χ0n) is 11.2. The summed E-state index contributed by atoms with van der Waals surface area (Å²) in [6.07, 6.45) is 1.32. The van der Waals surface area contributed by atoms with Gasteiger partial charge in [0.25, 0.3) is 0 Å². The maximum atomic E-state index is 5.49. The van der Waals surface area contributed by atoms with Crippen molar-refractivity contribution in [2.45, 2.75) is 26.8 Å². The van der Waals surface area contributed by atoms with Crippen molar-refractivity contribution in [3.8, 4) is 0 Å². The maximum Gasteiger partial charge on any atom is 0.169 e. The molecular weight excluding hydrogens is 240 g/mol. The van der Waals surface area contributed by atoms with E-state index in [-0.39, 0.29) is 0 Å². The highest BCUT2D eigenvalue weighted by molar-refractivity contribution is 7.80. The van der Waals surface area contributed by atoms with Crippen molar-refractivity contribution in [2.24, 2.45) is 11.8 Å². The minimum Gasteiger partial charge on any atom is -0.358 e. The molecular formula is C15H22N2S. The van der Waals surface area contributed by atoms with E-state index in [1.807, 2.05) is 6.07 Å². The number of thiocarbonyl (C=S) groups is 1. The molecule has 1 aromatic rings. The summed E-state index contributed by atoms with van der Waals surface area (Å²) in [6, 6.07) is 10.4. The molecule has 0 radical (unpaired) electrons. The van der Waals surface area contributed by atoms with Crippen LogP contribution < -0.4 is 5.32 Å². The molecule has 0 spiro atoms. The lowest BCUT2D eigenvalue weighted by Gasteiger charge is -2.36. The average Bonchev–Trinajstić information content (AvgIpc) is 2.36. The van der Waals surface area contributed by atoms with E-state index in [0.717, 1.165) is 36.6 Å². The third-order valence-corrected chi connectivity index (χ3v) is 3.85. The normalized spacial score (nSPS) is 23.8. The van der Waals surface area contributed by atoms with Crippen molar-refractivity contribution in [3.63, 3.8) is 0 Å². The summed E-state index contributed by atoms with van der Waals surface area (Å²) < 4.78 is 0. The Morgan fingerprint density at radius 2 is 1.83 bits per heavy atom. The zero-order valence-corrected chi connectivity index (χ0v) is 12.0. The van der Waals surface area contributed by atoms with Crippen molar-refractivity contribution in [1.82, 2.24) is 10.2 Å². The van der Waals surface area contributed by atoms with Crippen molar-refractivity contribution in [2.75, 3.05) is 13.1 Å². The van der Waals surface area contributed by atoms with Crippen LogP contribution in [0.3, 0.4) is 0 Å². The smallest absolute Gasteiger partial charge is 0.169 e. The molecule has 1 aromatic carbocycles. The molecule has 2 atom stereocenters. The summed E-state index contributed by atoms with van der Waals surface area (Å²) in [5.74, 6) is 1.48. The number of piperidine rings is 1. The Kier molecular flexibility index (Phi) is 4.59. The van der Waals surface area contributed by atoms with Crippen molar-refractivity contribution < 1.29 is 0 Å². The summed E-state index contributed by atoms with van der Waals surface area (Å²) >= 11 is 5.49. The first kappa shape index (κ1) is 13.3. The SMILES string of the molecule is C[C@@H]1C[C@@H](C)CN(C(=S)NCc2ccccc2)C1. The second-order valence-electron chi connectivity index (χ2n) is 5.50. The van der Waals surface area contributed by atoms with E-state index in [0.29, 0.717) is 0 Å². The van der Waals surface area contributed by atoms with Gasteiger partial charge >= 0.3 is 0 Å². The predicted octanol–water partition coefficient (Wildman–Crippen LogP) is 3.04. The van der Waals surface area contributed by atoms with Crippen LogP contribution in [-0.2, 0) is 6.54 Å². The predicted molar refractivity (Wildman–Crippen MR) is 80.4 cm³/mol. The summed E-state index contributed by atoms with van der Waals surface area (Å²) in [6.45, 7) is 7.61. The topological polar surface area (TPSA) is 15.3 Å². The molecule has 0 aromatic heterocycles. The van der Waals surface area contributed by atoms with Crippen LogP contribution in [0.5, 0.6) is 0 Å². The summed E-state index contributed by atoms with van der Waals surface area (Å²) in [7, 11) is 0. The number of rotatable bonds is 2. The highest BCUT2D eigenvalue weighted by Gasteiger charge is 2.23. The molecule has 0 aliphatic carbocycles. The van der Waals surface area contributed by atoms with Gasteiger partial charge in [-0.15, -0.1) is 0 Å². The fraction of sp³-hybridized carbons (Fsp3) is 0.533. The molecule has 0 amide bonds. The van der Waals surface area contributed by atoms with Crippen LogP contribution in [-0.4, -0.2) is 23.1 Å². The maximum absolute atomic E-state index is 5.49. The fourth-order valence-electron chi connectivity index (χ4n) is 2.71. The van der Waals surface area contributed by atoms with Crippen LogP contribution in [0.15, 0.2) is 30.3 Å². The van der Waals surface area contributed by atoms with Crippen LogP contribution in [0.4, 0.5) is 0 Å². The molecule has 18 heavy (non-hydrogen) atoms. The second kappa shape index (κ2) is 6.19. The van der Waals surface area contributed by atoms with Gasteiger partial charge in [-0.3, -0.25) is 0 Å². The molecule has 1 saturated heterocycles. The van der Waals surface area contributed by atoms with E-state index < -0.39 is 0 Å². The van der Waals surface area contributed by atoms with Gasteiger partial charge in [-0.25, -0.2) is 0 Å². The van der Waals surface area contributed by atoms with Crippen LogP contribution in [0, 0.1) is 11.8 Å². The minimum absolute atomic E-state index is 0.741. The molecule has 1 heterocycles. The van der Waals surface area contributed by atoms with E-state index in [9.17, 15) is 0 Å². The van der Waals surface area contributed by atoms with Crippen LogP contribution in [0.2, 0.25) is 0 Å². The molecule has 1 aliphatic heterocycles. The number of hydrogen-bond acceptors (Lipinski definition) is 1. The molecule has 1 fully saturated rings. The van der Waals surface area contributed by atoms with E-state index in [1.54, 1.807) is 0 Å². The molecule has 3 heteroatoms. The van der Waals surface area contributed by atoms with Crippen molar-refractivity contribution in [1.29, 1.82) is 0 Å². The number of nitrogens with one attached hydrogen (secondary N) is 1. The van der Waals surface area contributed by atoms with Crippen molar-refractivity contribution in [3.05, 3.63) is 35.9 Å². The van der Waals surface area contributed by atoms with E-state index in [4.69, 9.17) is 12.2 Å². The molecule has 98 valence electrons. The molecule has 2 nitrogen and oxygen atoms in total. The number of hydrogen-bond donors (Lipinski definition) is 1. The van der Waals surface area contributed by atoms with E-state index in [1.165, 1.54) is 12.0 Å². The Labute approximate surface area is 115 Å². The fourth-order valence-corrected chi connectivity index (χ4v) is 2.94. The molecule has 1 N–H and O–H groups in total. The highest BCUT2D eigenvalue weighted by Crippen LogP contribution is 2.20. The van der Waals surface area contributed by atoms with Crippen LogP contribution in [0.1, 0.15) is 25.8 Å². The third kappa shape index (κ3) is 3.70. The van der Waals surface area contributed by atoms with E-state index in [2.05, 4.69) is 48.3 Å². The van der Waals surface area contributed by atoms with Gasteiger partial charge in [0.2, 0.25) is 0 Å². The summed E-state index contributed by atoms with van der Waals surface area (Å²) in [5, 5.41) is 4.27. The first-order valence-electron chi connectivity index (χ1n) is 6.72. The van der Waals surface area contributed by atoms with E-state index >= 15 is 0 Å². The van der Waals surface area contributed by atoms with Crippen LogP contribution >= 0.6 is 12.2 Å². The summed E-state index contributed by atoms with van der Waals surface area (Å²) in [4.78, 5) is 2.32. The van der Waals surface area contributed by atoms with Gasteiger partial charge in [0, 0.05) is 19.6 Å². The lowest BCUT2D eigenvalue weighted by molar-refractivity contribution is 0.212. The lowest BCUT2D eigenvalue weighted by atomic mass is 9.92. The van der Waals surface area contributed by atoms with Gasteiger partial charge in [-0.2, -0.15) is 0 Å². The zero-order chi connectivity index (χ0) is 13.0. The lowest BCUT2D eigenvalue weighted by Crippen LogP contribution is -2.47. The molecule has 1 aliphatic rings. The van der Waals surface area contributed by atoms with Gasteiger partial charge in [-0.1, -0.05) is 44.2 Å². The van der Waals surface area contributed by atoms with Gasteiger partial charge in [-0.05, 0) is 36.0 Å². The Bertz CT molecular complexity index is 381. The first-order chi connectivity index (χ1) is 8.65. The third-order valence-electron chi connectivity index (χ3n) is 3.44. The Morgan fingerprint density at radius 3 is 2.44 bits per heavy atom. The Hall–Kier alpha value is -1.09. The molecule has 0 saturated carbocycles. The number of benzene rings is 1. The number of likely N-dealkylation sites (tertiary alicyclic amines) is 1. The first-order valence-corrected chi connectivity index (χ1v) is 7.12. The van der Waals surface area contributed by atoms with Crippen LogP contribution in [0.25, 0.3) is 0 Å². The number of nitrogens with zero attached hydrogens (tertiary/aromatic N) is 1. The van der Waals surface area contributed by atoms with Gasteiger partial charge in [0.05, 0.1) is 0 Å². The quantitative estimate of drug-likeness (QED) is 0.825. The molecule has 0 unspecified atom stereocenters. The Morgan fingerprint density at radius 1 is 1.22 bits per heavy atom. The summed E-state index contributed by atoms with van der Waals surface area (Å²) in [5.41, 5.74) is 1.28. The minimum atomic E-state index is 0.741. The standard InChI is InChI=1S/C15H22N2S/c1-12-8-13(2)11-17(10-12)15(18)16-9-14-6-4-3-5-7-14/h3-7,12-13H,8-11H2,1-2H3,(H,16,18)/t12-,13-/m1/s1. The van der Waals surface area contributed by atoms with Gasteiger partial charge in [0.1, 0.15) is 0 Å². The van der Waals surface area contributed by atoms with Gasteiger partial charge in [0.15, 0.2) is 5.11 Å². The average molecular weight is 262 g/mol. The van der Waals surface area contributed by atoms with Crippen molar-refractivity contribution >= 4 is 17.3 Å². The molecule has 0 bridgehead atoms. The monoisotopic (exact) mass is 262 g/mol.